The standard InChI is InChI=1S/C11H17N2O6PS/c1-8(2)18-7-19-13(20(16,17)21)10-5-4-9(3)6-11(10)12(14)15/h4-6,8H,7H2,1-3H3,(H2,16,17,21). The lowest BCUT2D eigenvalue weighted by Gasteiger charge is -2.26. The van der Waals surface area contributed by atoms with E-state index >= 15 is 0 Å². The van der Waals surface area contributed by atoms with E-state index in [1.807, 2.05) is 0 Å². The van der Waals surface area contributed by atoms with E-state index in [2.05, 4.69) is 11.8 Å². The number of rotatable bonds is 7. The van der Waals surface area contributed by atoms with Crippen molar-refractivity contribution in [3.05, 3.63) is 33.9 Å². The summed E-state index contributed by atoms with van der Waals surface area (Å²) in [6.45, 7) is 0.802. The minimum absolute atomic E-state index is 0.133. The van der Waals surface area contributed by atoms with Gasteiger partial charge < -0.3 is 14.5 Å². The Bertz CT molecular complexity index is 562. The molecule has 0 amide bonds. The maximum atomic E-state index is 11.1. The first-order chi connectivity index (χ1) is 9.62. The smallest absolute Gasteiger partial charge is 0.309 e. The average molecular weight is 336 g/mol. The van der Waals surface area contributed by atoms with E-state index in [1.54, 1.807) is 26.8 Å². The third-order valence-electron chi connectivity index (χ3n) is 2.35. The first kappa shape index (κ1) is 18.0. The van der Waals surface area contributed by atoms with Gasteiger partial charge in [0.15, 0.2) is 12.5 Å². The van der Waals surface area contributed by atoms with Gasteiger partial charge in [-0.15, -0.1) is 0 Å². The Morgan fingerprint density at radius 2 is 2.10 bits per heavy atom. The first-order valence-corrected chi connectivity index (χ1v) is 8.64. The number of anilines is 1. The van der Waals surface area contributed by atoms with Crippen LogP contribution in [-0.4, -0.2) is 27.6 Å². The van der Waals surface area contributed by atoms with Crippen LogP contribution in [0.15, 0.2) is 18.2 Å². The minimum Gasteiger partial charge on any atom is -0.350 e. The fraction of sp³-hybridized carbons (Fsp3) is 0.455. The predicted molar refractivity (Wildman–Crippen MR) is 81.2 cm³/mol. The monoisotopic (exact) mass is 336 g/mol. The highest BCUT2D eigenvalue weighted by Gasteiger charge is 2.29. The van der Waals surface area contributed by atoms with Crippen LogP contribution in [-0.2, 0) is 21.4 Å². The third-order valence-corrected chi connectivity index (χ3v) is 3.60. The zero-order valence-corrected chi connectivity index (χ0v) is 13.5. The Balaban J connectivity index is 3.15. The van der Waals surface area contributed by atoms with Gasteiger partial charge in [0.1, 0.15) is 0 Å². The van der Waals surface area contributed by atoms with Crippen molar-refractivity contribution < 1.29 is 24.3 Å². The number of ether oxygens (including phenoxy) is 1. The van der Waals surface area contributed by atoms with Gasteiger partial charge in [0.25, 0.3) is 5.69 Å². The molecular formula is C11H17N2O6PS. The molecular weight excluding hydrogens is 319 g/mol. The molecule has 0 saturated heterocycles. The zero-order chi connectivity index (χ0) is 16.2. The molecule has 0 radical (unpaired) electrons. The second-order valence-corrected chi connectivity index (χ2v) is 7.36. The summed E-state index contributed by atoms with van der Waals surface area (Å²) in [6, 6.07) is 4.21. The molecule has 21 heavy (non-hydrogen) atoms. The van der Waals surface area contributed by atoms with Crippen LogP contribution in [0.3, 0.4) is 0 Å². The van der Waals surface area contributed by atoms with Gasteiger partial charge in [-0.2, -0.15) is 4.83 Å². The number of benzene rings is 1. The van der Waals surface area contributed by atoms with Crippen molar-refractivity contribution >= 4 is 29.8 Å². The normalized spacial score (nSPS) is 11.7. The quantitative estimate of drug-likeness (QED) is 0.338. The summed E-state index contributed by atoms with van der Waals surface area (Å²) in [6.07, 6.45) is -0.157. The molecule has 1 aromatic rings. The Morgan fingerprint density at radius 3 is 2.57 bits per heavy atom. The van der Waals surface area contributed by atoms with E-state index in [0.29, 0.717) is 10.4 Å². The van der Waals surface area contributed by atoms with E-state index in [-0.39, 0.29) is 24.3 Å². The number of aryl methyl sites for hydroxylation is 1. The molecule has 0 aromatic heterocycles. The number of hydrogen-bond donors (Lipinski definition) is 2. The molecule has 0 fully saturated rings. The lowest BCUT2D eigenvalue weighted by molar-refractivity contribution is -0.384. The van der Waals surface area contributed by atoms with Crippen LogP contribution in [0.25, 0.3) is 0 Å². The van der Waals surface area contributed by atoms with E-state index < -0.39 is 11.6 Å². The summed E-state index contributed by atoms with van der Waals surface area (Å²) in [7, 11) is 0. The fourth-order valence-corrected chi connectivity index (χ4v) is 2.50. The zero-order valence-electron chi connectivity index (χ0n) is 11.8. The first-order valence-electron chi connectivity index (χ1n) is 5.98. The maximum absolute atomic E-state index is 11.1. The summed E-state index contributed by atoms with van der Waals surface area (Å²) in [4.78, 5) is 35.5. The third kappa shape index (κ3) is 5.31. The van der Waals surface area contributed by atoms with Crippen molar-refractivity contribution in [2.24, 2.45) is 0 Å². The molecule has 2 N–H and O–H groups in total. The molecule has 0 aliphatic heterocycles. The van der Waals surface area contributed by atoms with Gasteiger partial charge in [0, 0.05) is 6.07 Å². The lowest BCUT2D eigenvalue weighted by Crippen LogP contribution is -2.23. The van der Waals surface area contributed by atoms with Crippen LogP contribution in [0.5, 0.6) is 0 Å². The van der Waals surface area contributed by atoms with Gasteiger partial charge in [0.2, 0.25) is 0 Å². The van der Waals surface area contributed by atoms with E-state index in [4.69, 9.17) is 9.57 Å². The Hall–Kier alpha value is -1.09. The van der Waals surface area contributed by atoms with E-state index in [9.17, 15) is 19.9 Å². The van der Waals surface area contributed by atoms with Gasteiger partial charge >= 0.3 is 6.64 Å². The summed E-state index contributed by atoms with van der Waals surface area (Å²) in [5.41, 5.74) is 0.177. The van der Waals surface area contributed by atoms with Crippen molar-refractivity contribution in [1.29, 1.82) is 0 Å². The topological polar surface area (TPSA) is 105 Å². The average Bonchev–Trinajstić information content (AvgIpc) is 2.33. The second kappa shape index (κ2) is 7.26. The molecule has 0 aliphatic rings. The molecule has 0 spiro atoms. The maximum Gasteiger partial charge on any atom is 0.309 e. The summed E-state index contributed by atoms with van der Waals surface area (Å²) in [5.74, 6) is 0. The molecule has 0 heterocycles. The molecule has 0 unspecified atom stereocenters. The number of nitro benzene ring substituents is 1. The minimum atomic E-state index is -4.08. The molecule has 1 aromatic carbocycles. The highest BCUT2D eigenvalue weighted by atomic mass is 32.5. The molecule has 0 bridgehead atoms. The molecule has 1 rings (SSSR count). The summed E-state index contributed by atoms with van der Waals surface area (Å²) in [5, 5.41) is 11.1. The molecule has 10 heteroatoms. The Kier molecular flexibility index (Phi) is 6.21. The van der Waals surface area contributed by atoms with E-state index in [0.717, 1.165) is 0 Å². The SMILES string of the molecule is Cc1ccc(N(OCOC(C)C)P(O)(O)=S)c([N+](=O)[O-])c1. The van der Waals surface area contributed by atoms with Gasteiger partial charge in [-0.05, 0) is 44.2 Å². The van der Waals surface area contributed by atoms with Crippen LogP contribution < -0.4 is 4.83 Å². The van der Waals surface area contributed by atoms with Crippen LogP contribution in [0, 0.1) is 17.0 Å². The van der Waals surface area contributed by atoms with Crippen molar-refractivity contribution in [3.63, 3.8) is 0 Å². The number of nitrogens with zero attached hydrogens (tertiary/aromatic N) is 2. The van der Waals surface area contributed by atoms with Crippen LogP contribution in [0.1, 0.15) is 19.4 Å². The Labute approximate surface area is 127 Å². The Morgan fingerprint density at radius 1 is 1.48 bits per heavy atom. The lowest BCUT2D eigenvalue weighted by atomic mass is 10.2. The van der Waals surface area contributed by atoms with Crippen molar-refractivity contribution in [2.45, 2.75) is 26.9 Å². The molecule has 118 valence electrons. The largest absolute Gasteiger partial charge is 0.350 e. The van der Waals surface area contributed by atoms with Gasteiger partial charge in [-0.25, -0.2) is 4.84 Å². The predicted octanol–water partition coefficient (Wildman–Crippen LogP) is 2.23. The van der Waals surface area contributed by atoms with Gasteiger partial charge in [-0.3, -0.25) is 10.1 Å². The van der Waals surface area contributed by atoms with Crippen LogP contribution in [0.2, 0.25) is 0 Å². The molecule has 8 nitrogen and oxygen atoms in total. The van der Waals surface area contributed by atoms with E-state index in [1.165, 1.54) is 12.1 Å². The molecule has 0 atom stereocenters. The van der Waals surface area contributed by atoms with Crippen LogP contribution in [0.4, 0.5) is 11.4 Å². The van der Waals surface area contributed by atoms with Crippen molar-refractivity contribution in [2.75, 3.05) is 11.6 Å². The number of nitro groups is 1. The van der Waals surface area contributed by atoms with Crippen molar-refractivity contribution in [3.8, 4) is 0 Å². The second-order valence-electron chi connectivity index (χ2n) is 4.50. The summed E-state index contributed by atoms with van der Waals surface area (Å²) < 4.78 is 5.13. The van der Waals surface area contributed by atoms with Crippen molar-refractivity contribution in [1.82, 2.24) is 0 Å². The molecule has 0 aliphatic carbocycles. The van der Waals surface area contributed by atoms with Crippen LogP contribution >= 0.6 is 6.64 Å². The fourth-order valence-electron chi connectivity index (χ4n) is 1.44. The van der Waals surface area contributed by atoms with Gasteiger partial charge in [-0.1, -0.05) is 6.07 Å². The number of hydrogen-bond acceptors (Lipinski definition) is 5. The molecule has 0 saturated carbocycles. The van der Waals surface area contributed by atoms with Gasteiger partial charge in [0.05, 0.1) is 11.0 Å². The highest BCUT2D eigenvalue weighted by Crippen LogP contribution is 2.47. The highest BCUT2D eigenvalue weighted by molar-refractivity contribution is 8.09. The summed E-state index contributed by atoms with van der Waals surface area (Å²) >= 11 is 4.59.